The highest BCUT2D eigenvalue weighted by molar-refractivity contribution is 7.91. The molecule has 0 aliphatic carbocycles. The summed E-state index contributed by atoms with van der Waals surface area (Å²) in [4.78, 5) is 12.0. The molecule has 0 fully saturated rings. The first-order valence-electron chi connectivity index (χ1n) is 5.51. The van der Waals surface area contributed by atoms with Gasteiger partial charge in [-0.1, -0.05) is 35.8 Å². The van der Waals surface area contributed by atoms with Gasteiger partial charge in [0.15, 0.2) is 0 Å². The smallest absolute Gasteiger partial charge is 0.267 e. The molecule has 0 radical (unpaired) electrons. The van der Waals surface area contributed by atoms with E-state index in [4.69, 9.17) is 0 Å². The fourth-order valence-electron chi connectivity index (χ4n) is 1.92. The van der Waals surface area contributed by atoms with Crippen molar-refractivity contribution < 1.29 is 8.42 Å². The molecule has 2 aromatic carbocycles. The number of aromatic amines is 1. The summed E-state index contributed by atoms with van der Waals surface area (Å²) in [6.07, 6.45) is 0. The van der Waals surface area contributed by atoms with E-state index >= 15 is 0 Å². The zero-order valence-corrected chi connectivity index (χ0v) is 11.3. The van der Waals surface area contributed by atoms with Gasteiger partial charge in [0.25, 0.3) is 5.56 Å². The van der Waals surface area contributed by atoms with Crippen molar-refractivity contribution in [2.24, 2.45) is 0 Å². The lowest BCUT2D eigenvalue weighted by molar-refractivity contribution is 0.597. The van der Waals surface area contributed by atoms with E-state index in [0.717, 1.165) is 11.5 Å². The Morgan fingerprint density at radius 1 is 0.947 bits per heavy atom. The Labute approximate surface area is 113 Å². The number of sulfone groups is 1. The molecular weight excluding hydrogens is 282 g/mol. The average Bonchev–Trinajstić information content (AvgIpc) is 2.82. The first kappa shape index (κ1) is 12.1. The van der Waals surface area contributed by atoms with E-state index in [1.807, 2.05) is 0 Å². The number of H-pyrrole nitrogens is 1. The summed E-state index contributed by atoms with van der Waals surface area (Å²) in [6, 6.07) is 12.9. The Balaban J connectivity index is 2.37. The number of aromatic nitrogens is 1. The van der Waals surface area contributed by atoms with E-state index in [2.05, 4.69) is 4.37 Å². The first-order valence-corrected chi connectivity index (χ1v) is 7.81. The number of fused-ring (bicyclic) bond motifs is 1. The maximum atomic E-state index is 12.5. The number of benzene rings is 2. The lowest BCUT2D eigenvalue weighted by Crippen LogP contribution is -2.07. The summed E-state index contributed by atoms with van der Waals surface area (Å²) >= 11 is 1.14. The van der Waals surface area contributed by atoms with E-state index in [1.54, 1.807) is 30.3 Å². The van der Waals surface area contributed by atoms with Crippen LogP contribution in [0.1, 0.15) is 0 Å². The standard InChI is InChI=1S/C13H9NO3S2/c15-13-12-10(18-14-13)7-4-8-11(12)19(16,17)9-5-2-1-3-6-9/h1-8H,(H,14,15). The molecule has 1 heterocycles. The minimum absolute atomic E-state index is 0.0544. The summed E-state index contributed by atoms with van der Waals surface area (Å²) in [5.74, 6) is 0. The van der Waals surface area contributed by atoms with Gasteiger partial charge in [0.05, 0.1) is 19.9 Å². The number of nitrogens with one attached hydrogen (secondary N) is 1. The molecule has 0 unspecified atom stereocenters. The van der Waals surface area contributed by atoms with Crippen LogP contribution >= 0.6 is 11.5 Å². The van der Waals surface area contributed by atoms with Gasteiger partial charge in [-0.3, -0.25) is 9.17 Å². The highest BCUT2D eigenvalue weighted by Crippen LogP contribution is 2.27. The van der Waals surface area contributed by atoms with E-state index in [9.17, 15) is 13.2 Å². The van der Waals surface area contributed by atoms with Crippen LogP contribution in [0.3, 0.4) is 0 Å². The molecule has 6 heteroatoms. The molecule has 19 heavy (non-hydrogen) atoms. The Hall–Kier alpha value is -1.92. The van der Waals surface area contributed by atoms with Gasteiger partial charge < -0.3 is 0 Å². The second-order valence-corrected chi connectivity index (χ2v) is 6.75. The lowest BCUT2D eigenvalue weighted by atomic mass is 10.3. The second kappa shape index (κ2) is 4.32. The van der Waals surface area contributed by atoms with Crippen LogP contribution in [0.5, 0.6) is 0 Å². The molecule has 1 N–H and O–H groups in total. The monoisotopic (exact) mass is 291 g/mol. The highest BCUT2D eigenvalue weighted by atomic mass is 32.2. The zero-order chi connectivity index (χ0) is 13.5. The van der Waals surface area contributed by atoms with Gasteiger partial charge in [0, 0.05) is 0 Å². The minimum atomic E-state index is -3.67. The summed E-state index contributed by atoms with van der Waals surface area (Å²) in [5, 5.41) is 0.233. The maximum absolute atomic E-state index is 12.5. The van der Waals surface area contributed by atoms with E-state index in [1.165, 1.54) is 18.2 Å². The normalized spacial score (nSPS) is 11.8. The number of rotatable bonds is 2. The molecule has 0 saturated carbocycles. The second-order valence-electron chi connectivity index (χ2n) is 3.98. The van der Waals surface area contributed by atoms with Crippen molar-refractivity contribution in [2.75, 3.05) is 0 Å². The number of hydrogen-bond acceptors (Lipinski definition) is 4. The Bertz CT molecular complexity index is 892. The summed E-state index contributed by atoms with van der Waals surface area (Å²) < 4.78 is 28.3. The van der Waals surface area contributed by atoms with Gasteiger partial charge >= 0.3 is 0 Å². The Kier molecular flexibility index (Phi) is 2.76. The molecule has 3 aromatic rings. The van der Waals surface area contributed by atoms with Crippen molar-refractivity contribution in [2.45, 2.75) is 9.79 Å². The Morgan fingerprint density at radius 3 is 2.42 bits per heavy atom. The molecule has 0 amide bonds. The van der Waals surface area contributed by atoms with Gasteiger partial charge in [-0.25, -0.2) is 8.42 Å². The third-order valence-electron chi connectivity index (χ3n) is 2.81. The van der Waals surface area contributed by atoms with Gasteiger partial charge in [-0.15, -0.1) is 0 Å². The molecule has 0 atom stereocenters. The third-order valence-corrected chi connectivity index (χ3v) is 5.47. The van der Waals surface area contributed by atoms with Crippen molar-refractivity contribution in [1.29, 1.82) is 0 Å². The molecule has 0 aliphatic heterocycles. The molecule has 1 aromatic heterocycles. The van der Waals surface area contributed by atoms with Crippen LogP contribution in [-0.4, -0.2) is 12.8 Å². The topological polar surface area (TPSA) is 67.0 Å². The quantitative estimate of drug-likeness (QED) is 0.788. The summed E-state index contributed by atoms with van der Waals surface area (Å²) in [6.45, 7) is 0. The fourth-order valence-corrected chi connectivity index (χ4v) is 4.24. The maximum Gasteiger partial charge on any atom is 0.267 e. The van der Waals surface area contributed by atoms with Gasteiger partial charge in [-0.05, 0) is 24.3 Å². The van der Waals surface area contributed by atoms with Crippen LogP contribution in [0.4, 0.5) is 0 Å². The van der Waals surface area contributed by atoms with Crippen molar-refractivity contribution in [3.63, 3.8) is 0 Å². The lowest BCUT2D eigenvalue weighted by Gasteiger charge is -2.04. The Morgan fingerprint density at radius 2 is 1.68 bits per heavy atom. The molecule has 0 saturated heterocycles. The first-order chi connectivity index (χ1) is 9.10. The summed E-state index contributed by atoms with van der Waals surface area (Å²) in [7, 11) is -3.67. The van der Waals surface area contributed by atoms with Gasteiger partial charge in [-0.2, -0.15) is 0 Å². The molecular formula is C13H9NO3S2. The molecule has 3 rings (SSSR count). The van der Waals surface area contributed by atoms with Crippen LogP contribution in [0.15, 0.2) is 63.1 Å². The average molecular weight is 291 g/mol. The highest BCUT2D eigenvalue weighted by Gasteiger charge is 2.22. The van der Waals surface area contributed by atoms with Gasteiger partial charge in [0.1, 0.15) is 0 Å². The van der Waals surface area contributed by atoms with Gasteiger partial charge in [0.2, 0.25) is 9.84 Å². The minimum Gasteiger partial charge on any atom is -0.277 e. The van der Waals surface area contributed by atoms with E-state index in [0.29, 0.717) is 4.70 Å². The fraction of sp³-hybridized carbons (Fsp3) is 0. The van der Waals surface area contributed by atoms with E-state index < -0.39 is 9.84 Å². The predicted molar refractivity (Wildman–Crippen MR) is 74.3 cm³/mol. The predicted octanol–water partition coefficient (Wildman–Crippen LogP) is 2.42. The van der Waals surface area contributed by atoms with Crippen molar-refractivity contribution in [1.82, 2.24) is 4.37 Å². The molecule has 0 aliphatic rings. The van der Waals surface area contributed by atoms with Crippen molar-refractivity contribution >= 4 is 31.5 Å². The number of hydrogen-bond donors (Lipinski definition) is 1. The largest absolute Gasteiger partial charge is 0.277 e. The molecule has 0 spiro atoms. The van der Waals surface area contributed by atoms with Crippen LogP contribution in [0.2, 0.25) is 0 Å². The molecule has 0 bridgehead atoms. The van der Waals surface area contributed by atoms with Crippen molar-refractivity contribution in [3.8, 4) is 0 Å². The van der Waals surface area contributed by atoms with Crippen LogP contribution in [0, 0.1) is 0 Å². The van der Waals surface area contributed by atoms with E-state index in [-0.39, 0.29) is 20.7 Å². The van der Waals surface area contributed by atoms with Crippen LogP contribution in [0.25, 0.3) is 10.1 Å². The molecule has 4 nitrogen and oxygen atoms in total. The van der Waals surface area contributed by atoms with Crippen LogP contribution in [-0.2, 0) is 9.84 Å². The zero-order valence-electron chi connectivity index (χ0n) is 9.66. The third kappa shape index (κ3) is 1.89. The van der Waals surface area contributed by atoms with Crippen molar-refractivity contribution in [3.05, 3.63) is 58.9 Å². The SMILES string of the molecule is O=c1[nH]sc2cccc(S(=O)(=O)c3ccccc3)c12. The molecule has 96 valence electrons. The summed E-state index contributed by atoms with van der Waals surface area (Å²) in [5.41, 5.74) is -0.366. The van der Waals surface area contributed by atoms with Crippen LogP contribution < -0.4 is 5.56 Å².